The van der Waals surface area contributed by atoms with E-state index in [0.29, 0.717) is 11.3 Å². The molecule has 0 fully saturated rings. The highest BCUT2D eigenvalue weighted by Crippen LogP contribution is 2.36. The number of carbonyl (C=O) groups is 1. The highest BCUT2D eigenvalue weighted by molar-refractivity contribution is 6.32. The number of aromatic hydroxyl groups is 1. The minimum Gasteiger partial charge on any atom is -0.506 e. The standard InChI is InChI=1S/C11H14ClNO4/c1-17-6-4-7(11(16)8(12)5-6)9(13)2-3-10(14)15/h4-5,9,16H,2-3,13H2,1H3,(H,14,15). The number of aliphatic carboxylic acids is 1. The molecule has 0 aliphatic carbocycles. The van der Waals surface area contributed by atoms with Gasteiger partial charge in [0.2, 0.25) is 0 Å². The molecule has 5 nitrogen and oxygen atoms in total. The summed E-state index contributed by atoms with van der Waals surface area (Å²) in [5.41, 5.74) is 6.18. The van der Waals surface area contributed by atoms with Gasteiger partial charge in [0, 0.05) is 24.1 Å². The number of phenolic OH excluding ortho intramolecular Hbond substituents is 1. The number of carboxylic acid groups (broad SMARTS) is 1. The average Bonchev–Trinajstić information content (AvgIpc) is 2.29. The molecular weight excluding hydrogens is 246 g/mol. The van der Waals surface area contributed by atoms with Gasteiger partial charge in [-0.3, -0.25) is 4.79 Å². The van der Waals surface area contributed by atoms with Crippen molar-refractivity contribution in [1.82, 2.24) is 0 Å². The summed E-state index contributed by atoms with van der Waals surface area (Å²) in [6, 6.07) is 2.41. The lowest BCUT2D eigenvalue weighted by Crippen LogP contribution is -2.12. The van der Waals surface area contributed by atoms with Gasteiger partial charge in [0.05, 0.1) is 12.1 Å². The van der Waals surface area contributed by atoms with E-state index in [1.54, 1.807) is 6.07 Å². The van der Waals surface area contributed by atoms with Gasteiger partial charge in [-0.05, 0) is 12.5 Å². The van der Waals surface area contributed by atoms with Crippen LogP contribution in [0.25, 0.3) is 0 Å². The van der Waals surface area contributed by atoms with E-state index in [1.807, 2.05) is 0 Å². The Hall–Kier alpha value is -1.46. The van der Waals surface area contributed by atoms with Gasteiger partial charge < -0.3 is 20.7 Å². The summed E-state index contributed by atoms with van der Waals surface area (Å²) in [6.45, 7) is 0. The third-order valence-electron chi connectivity index (χ3n) is 2.37. The van der Waals surface area contributed by atoms with Crippen LogP contribution in [0.3, 0.4) is 0 Å². The second-order valence-corrected chi connectivity index (χ2v) is 3.99. The minimum absolute atomic E-state index is 0.0740. The minimum atomic E-state index is -0.936. The lowest BCUT2D eigenvalue weighted by Gasteiger charge is -2.15. The Morgan fingerprint density at radius 2 is 2.24 bits per heavy atom. The van der Waals surface area contributed by atoms with Gasteiger partial charge in [-0.15, -0.1) is 0 Å². The predicted octanol–water partition coefficient (Wildman–Crippen LogP) is 1.92. The predicted molar refractivity (Wildman–Crippen MR) is 63.5 cm³/mol. The largest absolute Gasteiger partial charge is 0.506 e. The van der Waals surface area contributed by atoms with Crippen LogP contribution < -0.4 is 10.5 Å². The van der Waals surface area contributed by atoms with E-state index in [1.165, 1.54) is 13.2 Å². The maximum absolute atomic E-state index is 10.4. The molecule has 0 radical (unpaired) electrons. The zero-order valence-corrected chi connectivity index (χ0v) is 10.1. The SMILES string of the molecule is COc1cc(Cl)c(O)c(C(N)CCC(=O)O)c1. The van der Waals surface area contributed by atoms with Crippen molar-refractivity contribution in [3.8, 4) is 11.5 Å². The molecule has 94 valence electrons. The second-order valence-electron chi connectivity index (χ2n) is 3.59. The molecule has 0 bridgehead atoms. The van der Waals surface area contributed by atoms with E-state index in [-0.39, 0.29) is 23.6 Å². The Labute approximate surface area is 104 Å². The molecule has 1 unspecified atom stereocenters. The number of phenols is 1. The van der Waals surface area contributed by atoms with E-state index < -0.39 is 12.0 Å². The van der Waals surface area contributed by atoms with Gasteiger partial charge in [-0.25, -0.2) is 0 Å². The van der Waals surface area contributed by atoms with Crippen molar-refractivity contribution >= 4 is 17.6 Å². The van der Waals surface area contributed by atoms with Crippen molar-refractivity contribution in [2.75, 3.05) is 7.11 Å². The number of methoxy groups -OCH3 is 1. The summed E-state index contributed by atoms with van der Waals surface area (Å²) in [7, 11) is 1.47. The number of ether oxygens (including phenoxy) is 1. The molecule has 1 rings (SSSR count). The molecule has 0 saturated carbocycles. The van der Waals surface area contributed by atoms with E-state index in [0.717, 1.165) is 0 Å². The summed E-state index contributed by atoms with van der Waals surface area (Å²) < 4.78 is 5.00. The highest BCUT2D eigenvalue weighted by atomic mass is 35.5. The zero-order chi connectivity index (χ0) is 13.0. The van der Waals surface area contributed by atoms with Crippen LogP contribution in [-0.2, 0) is 4.79 Å². The van der Waals surface area contributed by atoms with Crippen molar-refractivity contribution in [3.05, 3.63) is 22.7 Å². The van der Waals surface area contributed by atoms with Crippen LogP contribution in [0.2, 0.25) is 5.02 Å². The van der Waals surface area contributed by atoms with Gasteiger partial charge in [0.15, 0.2) is 0 Å². The molecule has 0 spiro atoms. The summed E-state index contributed by atoms with van der Waals surface area (Å²) in [5, 5.41) is 18.4. The molecule has 0 aromatic heterocycles. The van der Waals surface area contributed by atoms with Crippen molar-refractivity contribution in [2.45, 2.75) is 18.9 Å². The Kier molecular flexibility index (Phi) is 4.60. The number of hydrogen-bond acceptors (Lipinski definition) is 4. The molecule has 0 heterocycles. The van der Waals surface area contributed by atoms with Crippen molar-refractivity contribution in [3.63, 3.8) is 0 Å². The van der Waals surface area contributed by atoms with Gasteiger partial charge in [0.25, 0.3) is 0 Å². The molecule has 0 aliphatic rings. The smallest absolute Gasteiger partial charge is 0.303 e. The summed E-state index contributed by atoms with van der Waals surface area (Å²) in [6.07, 6.45) is 0.141. The first kappa shape index (κ1) is 13.6. The number of nitrogens with two attached hydrogens (primary N) is 1. The summed E-state index contributed by atoms with van der Waals surface area (Å²) in [5.74, 6) is -0.604. The molecule has 17 heavy (non-hydrogen) atoms. The molecule has 4 N–H and O–H groups in total. The monoisotopic (exact) mass is 259 g/mol. The lowest BCUT2D eigenvalue weighted by atomic mass is 10.0. The van der Waals surface area contributed by atoms with E-state index in [4.69, 9.17) is 27.2 Å². The molecule has 1 atom stereocenters. The van der Waals surface area contributed by atoms with Crippen LogP contribution in [-0.4, -0.2) is 23.3 Å². The highest BCUT2D eigenvalue weighted by Gasteiger charge is 2.16. The number of halogens is 1. The number of rotatable bonds is 5. The van der Waals surface area contributed by atoms with Gasteiger partial charge in [-0.1, -0.05) is 11.6 Å². The van der Waals surface area contributed by atoms with Gasteiger partial charge >= 0.3 is 5.97 Å². The number of benzene rings is 1. The Balaban J connectivity index is 2.95. The van der Waals surface area contributed by atoms with Gasteiger partial charge in [0.1, 0.15) is 11.5 Å². The van der Waals surface area contributed by atoms with Crippen LogP contribution in [0, 0.1) is 0 Å². The molecule has 1 aromatic carbocycles. The topological polar surface area (TPSA) is 92.8 Å². The van der Waals surface area contributed by atoms with Crippen LogP contribution in [0.1, 0.15) is 24.4 Å². The fourth-order valence-corrected chi connectivity index (χ4v) is 1.65. The zero-order valence-electron chi connectivity index (χ0n) is 9.31. The van der Waals surface area contributed by atoms with Crippen LogP contribution in [0.5, 0.6) is 11.5 Å². The maximum atomic E-state index is 10.4. The third kappa shape index (κ3) is 3.51. The second kappa shape index (κ2) is 5.75. The van der Waals surface area contributed by atoms with Crippen molar-refractivity contribution in [1.29, 1.82) is 0 Å². The average molecular weight is 260 g/mol. The fourth-order valence-electron chi connectivity index (χ4n) is 1.43. The summed E-state index contributed by atoms with van der Waals surface area (Å²) >= 11 is 5.80. The van der Waals surface area contributed by atoms with Crippen molar-refractivity contribution in [2.24, 2.45) is 5.73 Å². The molecular formula is C11H14ClNO4. The first-order valence-electron chi connectivity index (χ1n) is 4.99. The van der Waals surface area contributed by atoms with E-state index in [2.05, 4.69) is 0 Å². The van der Waals surface area contributed by atoms with Crippen LogP contribution in [0.4, 0.5) is 0 Å². The number of hydrogen-bond donors (Lipinski definition) is 3. The summed E-state index contributed by atoms with van der Waals surface area (Å²) in [4.78, 5) is 10.4. The van der Waals surface area contributed by atoms with E-state index >= 15 is 0 Å². The molecule has 1 aromatic rings. The van der Waals surface area contributed by atoms with E-state index in [9.17, 15) is 9.90 Å². The van der Waals surface area contributed by atoms with Crippen molar-refractivity contribution < 1.29 is 19.7 Å². The first-order valence-corrected chi connectivity index (χ1v) is 5.37. The molecule has 0 amide bonds. The quantitative estimate of drug-likeness (QED) is 0.751. The normalized spacial score (nSPS) is 12.2. The third-order valence-corrected chi connectivity index (χ3v) is 2.66. The maximum Gasteiger partial charge on any atom is 0.303 e. The Morgan fingerprint density at radius 1 is 1.59 bits per heavy atom. The van der Waals surface area contributed by atoms with Gasteiger partial charge in [-0.2, -0.15) is 0 Å². The number of carboxylic acids is 1. The molecule has 0 saturated heterocycles. The van der Waals surface area contributed by atoms with Crippen LogP contribution in [0.15, 0.2) is 12.1 Å². The van der Waals surface area contributed by atoms with Crippen LogP contribution >= 0.6 is 11.6 Å². The Bertz CT molecular complexity index is 422. The first-order chi connectivity index (χ1) is 7.95. The lowest BCUT2D eigenvalue weighted by molar-refractivity contribution is -0.137. The Morgan fingerprint density at radius 3 is 2.76 bits per heavy atom. The fraction of sp³-hybridized carbons (Fsp3) is 0.364. The molecule has 6 heteroatoms. The molecule has 0 aliphatic heterocycles.